The molecule has 0 aliphatic carbocycles. The van der Waals surface area contributed by atoms with Crippen LogP contribution in [0.1, 0.15) is 11.8 Å². The second-order valence-corrected chi connectivity index (χ2v) is 6.31. The summed E-state index contributed by atoms with van der Waals surface area (Å²) in [5.74, 6) is 0.00422. The van der Waals surface area contributed by atoms with Crippen LogP contribution in [0.5, 0.6) is 0 Å². The quantitative estimate of drug-likeness (QED) is 0.809. The Morgan fingerprint density at radius 3 is 3.11 bits per heavy atom. The average molecular weight is 297 g/mol. The Kier molecular flexibility index (Phi) is 4.92. The third kappa shape index (κ3) is 4.03. The number of hydrogen-bond donors (Lipinski definition) is 1. The van der Waals surface area contributed by atoms with Gasteiger partial charge in [0.2, 0.25) is 11.1 Å². The van der Waals surface area contributed by atoms with Crippen molar-refractivity contribution in [2.75, 3.05) is 6.54 Å². The van der Waals surface area contributed by atoms with Crippen LogP contribution in [-0.2, 0) is 18.3 Å². The van der Waals surface area contributed by atoms with Gasteiger partial charge in [0.05, 0.1) is 5.25 Å². The summed E-state index contributed by atoms with van der Waals surface area (Å²) in [4.78, 5) is 13.2. The number of tetrazole rings is 1. The van der Waals surface area contributed by atoms with Crippen LogP contribution < -0.4 is 5.32 Å². The van der Waals surface area contributed by atoms with Crippen molar-refractivity contribution in [3.05, 3.63) is 22.4 Å². The summed E-state index contributed by atoms with van der Waals surface area (Å²) in [6, 6.07) is 4.08. The number of thiophene rings is 1. The first-order valence-corrected chi connectivity index (χ1v) is 7.62. The van der Waals surface area contributed by atoms with Gasteiger partial charge in [-0.3, -0.25) is 4.79 Å². The topological polar surface area (TPSA) is 72.7 Å². The van der Waals surface area contributed by atoms with Gasteiger partial charge in [-0.1, -0.05) is 17.8 Å². The zero-order valence-corrected chi connectivity index (χ0v) is 12.4. The Balaban J connectivity index is 1.75. The van der Waals surface area contributed by atoms with Gasteiger partial charge in [0, 0.05) is 18.5 Å². The van der Waals surface area contributed by atoms with E-state index in [0.717, 1.165) is 6.42 Å². The summed E-state index contributed by atoms with van der Waals surface area (Å²) in [5, 5.41) is 16.5. The molecule has 0 unspecified atom stereocenters. The Morgan fingerprint density at radius 2 is 2.47 bits per heavy atom. The predicted octanol–water partition coefficient (Wildman–Crippen LogP) is 1.11. The molecule has 102 valence electrons. The summed E-state index contributed by atoms with van der Waals surface area (Å²) in [6.07, 6.45) is 0.867. The van der Waals surface area contributed by atoms with Crippen molar-refractivity contribution in [3.8, 4) is 0 Å². The SMILES string of the molecule is C[C@@H](Sc1nnnn1C)C(=O)NCCc1cccs1. The molecule has 2 rings (SSSR count). The van der Waals surface area contributed by atoms with Crippen molar-refractivity contribution < 1.29 is 4.79 Å². The third-order valence-corrected chi connectivity index (χ3v) is 4.54. The van der Waals surface area contributed by atoms with Crippen LogP contribution in [0.15, 0.2) is 22.7 Å². The second-order valence-electron chi connectivity index (χ2n) is 3.97. The Labute approximate surface area is 119 Å². The number of nitrogens with one attached hydrogen (secondary N) is 1. The molecule has 1 N–H and O–H groups in total. The summed E-state index contributed by atoms with van der Waals surface area (Å²) in [5.41, 5.74) is 0. The Bertz CT molecular complexity index is 525. The van der Waals surface area contributed by atoms with E-state index in [2.05, 4.69) is 26.9 Å². The van der Waals surface area contributed by atoms with Gasteiger partial charge in [-0.2, -0.15) is 0 Å². The molecule has 0 radical (unpaired) electrons. The lowest BCUT2D eigenvalue weighted by molar-refractivity contribution is -0.120. The van der Waals surface area contributed by atoms with Crippen molar-refractivity contribution in [2.24, 2.45) is 7.05 Å². The molecule has 0 saturated heterocycles. The molecule has 0 aromatic carbocycles. The fourth-order valence-corrected chi connectivity index (χ4v) is 2.93. The molecule has 6 nitrogen and oxygen atoms in total. The van der Waals surface area contributed by atoms with Crippen LogP contribution in [0.3, 0.4) is 0 Å². The maximum atomic E-state index is 11.9. The Hall–Kier alpha value is -1.41. The number of aryl methyl sites for hydroxylation is 1. The van der Waals surface area contributed by atoms with Gasteiger partial charge in [0.25, 0.3) is 0 Å². The average Bonchev–Trinajstić information content (AvgIpc) is 3.02. The summed E-state index contributed by atoms with van der Waals surface area (Å²) < 4.78 is 1.56. The fraction of sp³-hybridized carbons (Fsp3) is 0.455. The predicted molar refractivity (Wildman–Crippen MR) is 75.1 cm³/mol. The molecule has 1 atom stereocenters. The van der Waals surface area contributed by atoms with Crippen LogP contribution in [-0.4, -0.2) is 37.9 Å². The summed E-state index contributed by atoms with van der Waals surface area (Å²) in [6.45, 7) is 2.50. The van der Waals surface area contributed by atoms with E-state index in [1.54, 1.807) is 23.1 Å². The molecule has 0 aliphatic heterocycles. The molecule has 0 aliphatic rings. The normalized spacial score (nSPS) is 12.3. The van der Waals surface area contributed by atoms with Gasteiger partial charge in [0.15, 0.2) is 0 Å². The minimum absolute atomic E-state index is 0.00422. The van der Waals surface area contributed by atoms with Gasteiger partial charge in [-0.05, 0) is 35.2 Å². The summed E-state index contributed by atoms with van der Waals surface area (Å²) >= 11 is 3.05. The minimum Gasteiger partial charge on any atom is -0.355 e. The van der Waals surface area contributed by atoms with Crippen LogP contribution in [0.4, 0.5) is 0 Å². The van der Waals surface area contributed by atoms with E-state index >= 15 is 0 Å². The number of thioether (sulfide) groups is 1. The van der Waals surface area contributed by atoms with Crippen molar-refractivity contribution in [3.63, 3.8) is 0 Å². The van der Waals surface area contributed by atoms with Crippen molar-refractivity contribution in [2.45, 2.75) is 23.8 Å². The molecule has 2 heterocycles. The molecule has 0 saturated carbocycles. The molecule has 19 heavy (non-hydrogen) atoms. The van der Waals surface area contributed by atoms with E-state index < -0.39 is 0 Å². The number of amides is 1. The minimum atomic E-state index is -0.215. The van der Waals surface area contributed by atoms with E-state index in [1.807, 2.05) is 18.4 Å². The van der Waals surface area contributed by atoms with Gasteiger partial charge in [-0.15, -0.1) is 16.4 Å². The monoisotopic (exact) mass is 297 g/mol. The van der Waals surface area contributed by atoms with E-state index in [4.69, 9.17) is 0 Å². The number of nitrogens with zero attached hydrogens (tertiary/aromatic N) is 4. The number of carbonyl (C=O) groups excluding carboxylic acids is 1. The lowest BCUT2D eigenvalue weighted by Gasteiger charge is -2.10. The Morgan fingerprint density at radius 1 is 1.63 bits per heavy atom. The van der Waals surface area contributed by atoms with Gasteiger partial charge in [0.1, 0.15) is 0 Å². The van der Waals surface area contributed by atoms with Crippen molar-refractivity contribution in [1.29, 1.82) is 0 Å². The zero-order valence-electron chi connectivity index (χ0n) is 10.7. The van der Waals surface area contributed by atoms with Crippen LogP contribution in [0.25, 0.3) is 0 Å². The lowest BCUT2D eigenvalue weighted by atomic mass is 10.3. The maximum Gasteiger partial charge on any atom is 0.233 e. The lowest BCUT2D eigenvalue weighted by Crippen LogP contribution is -2.32. The first-order valence-electron chi connectivity index (χ1n) is 5.86. The highest BCUT2D eigenvalue weighted by molar-refractivity contribution is 8.00. The summed E-state index contributed by atoms with van der Waals surface area (Å²) in [7, 11) is 1.75. The number of carbonyl (C=O) groups is 1. The molecule has 1 amide bonds. The zero-order chi connectivity index (χ0) is 13.7. The first kappa shape index (κ1) is 14.0. The van der Waals surface area contributed by atoms with Crippen LogP contribution in [0, 0.1) is 0 Å². The molecule has 8 heteroatoms. The third-order valence-electron chi connectivity index (χ3n) is 2.48. The second kappa shape index (κ2) is 6.67. The number of aromatic nitrogens is 4. The molecular formula is C11H15N5OS2. The van der Waals surface area contributed by atoms with Gasteiger partial charge >= 0.3 is 0 Å². The van der Waals surface area contributed by atoms with Crippen LogP contribution >= 0.6 is 23.1 Å². The van der Waals surface area contributed by atoms with E-state index in [-0.39, 0.29) is 11.2 Å². The smallest absolute Gasteiger partial charge is 0.233 e. The van der Waals surface area contributed by atoms with Crippen molar-refractivity contribution >= 4 is 29.0 Å². The fourth-order valence-electron chi connectivity index (χ4n) is 1.44. The molecule has 2 aromatic rings. The van der Waals surface area contributed by atoms with E-state index in [1.165, 1.54) is 16.6 Å². The van der Waals surface area contributed by atoms with Gasteiger partial charge in [-0.25, -0.2) is 4.68 Å². The maximum absolute atomic E-state index is 11.9. The largest absolute Gasteiger partial charge is 0.355 e. The highest BCUT2D eigenvalue weighted by Gasteiger charge is 2.17. The standard InChI is InChI=1S/C11H15N5OS2/c1-8(19-11-13-14-15-16(11)2)10(17)12-6-5-9-4-3-7-18-9/h3-4,7-8H,5-6H2,1-2H3,(H,12,17)/t8-/m1/s1. The highest BCUT2D eigenvalue weighted by atomic mass is 32.2. The van der Waals surface area contributed by atoms with E-state index in [9.17, 15) is 4.79 Å². The van der Waals surface area contributed by atoms with Gasteiger partial charge < -0.3 is 5.32 Å². The number of rotatable bonds is 6. The van der Waals surface area contributed by atoms with Crippen molar-refractivity contribution in [1.82, 2.24) is 25.5 Å². The first-order chi connectivity index (χ1) is 9.16. The molecular weight excluding hydrogens is 282 g/mol. The van der Waals surface area contributed by atoms with E-state index in [0.29, 0.717) is 11.7 Å². The molecule has 0 fully saturated rings. The van der Waals surface area contributed by atoms with Crippen LogP contribution in [0.2, 0.25) is 0 Å². The molecule has 0 spiro atoms. The molecule has 2 aromatic heterocycles. The number of hydrogen-bond acceptors (Lipinski definition) is 6. The molecule has 0 bridgehead atoms. The highest BCUT2D eigenvalue weighted by Crippen LogP contribution is 2.19.